The number of hydrogen-bond acceptors (Lipinski definition) is 4. The van der Waals surface area contributed by atoms with Crippen LogP contribution in [0.5, 0.6) is 0 Å². The summed E-state index contributed by atoms with van der Waals surface area (Å²) in [7, 11) is 1.67. The molecule has 0 bridgehead atoms. The summed E-state index contributed by atoms with van der Waals surface area (Å²) in [4.78, 5) is 29.8. The minimum Gasteiger partial charge on any atom is -0.452 e. The molecule has 0 aliphatic rings. The number of carbonyl (C=O) groups excluding carboxylic acids is 2. The molecule has 0 saturated heterocycles. The summed E-state index contributed by atoms with van der Waals surface area (Å²) >= 11 is 6.11. The summed E-state index contributed by atoms with van der Waals surface area (Å²) in [5, 5.41) is 0.282. The number of carbonyl (C=O) groups is 2. The molecule has 0 unspecified atom stereocenters. The average Bonchev–Trinajstić information content (AvgIpc) is 3.01. The Balaban J connectivity index is 1.54. The SMILES string of the molecule is Cc1ccc(CN(C)C(=O)COC(=O)/C=C/c2c(Cl)nc3ccccn23)cc1. The van der Waals surface area contributed by atoms with Crippen molar-refractivity contribution in [2.45, 2.75) is 13.5 Å². The van der Waals surface area contributed by atoms with Crippen LogP contribution in [-0.4, -0.2) is 39.8 Å². The fourth-order valence-corrected chi connectivity index (χ4v) is 2.87. The fourth-order valence-electron chi connectivity index (χ4n) is 2.63. The van der Waals surface area contributed by atoms with Crippen LogP contribution in [0.2, 0.25) is 5.15 Å². The van der Waals surface area contributed by atoms with Crippen LogP contribution >= 0.6 is 11.6 Å². The highest BCUT2D eigenvalue weighted by molar-refractivity contribution is 6.31. The van der Waals surface area contributed by atoms with E-state index in [9.17, 15) is 9.59 Å². The second kappa shape index (κ2) is 8.71. The van der Waals surface area contributed by atoms with Gasteiger partial charge >= 0.3 is 5.97 Å². The van der Waals surface area contributed by atoms with Crippen molar-refractivity contribution in [3.8, 4) is 0 Å². The Kier molecular flexibility index (Phi) is 6.11. The van der Waals surface area contributed by atoms with Crippen LogP contribution in [0.15, 0.2) is 54.7 Å². The molecule has 2 aromatic heterocycles. The molecule has 0 aliphatic heterocycles. The predicted molar refractivity (Wildman–Crippen MR) is 108 cm³/mol. The second-order valence-electron chi connectivity index (χ2n) is 6.39. The van der Waals surface area contributed by atoms with Gasteiger partial charge in [0.15, 0.2) is 11.8 Å². The first kappa shape index (κ1) is 19.6. The third kappa shape index (κ3) is 4.78. The third-order valence-electron chi connectivity index (χ3n) is 4.20. The lowest BCUT2D eigenvalue weighted by Crippen LogP contribution is -2.30. The van der Waals surface area contributed by atoms with Crippen molar-refractivity contribution in [3.63, 3.8) is 0 Å². The molecule has 7 heteroatoms. The quantitative estimate of drug-likeness (QED) is 0.471. The van der Waals surface area contributed by atoms with Gasteiger partial charge in [-0.3, -0.25) is 9.20 Å². The molecule has 1 amide bonds. The topological polar surface area (TPSA) is 63.9 Å². The number of ether oxygens (including phenoxy) is 1. The van der Waals surface area contributed by atoms with Crippen LogP contribution in [0.1, 0.15) is 16.8 Å². The molecule has 0 radical (unpaired) electrons. The Hall–Kier alpha value is -3.12. The van der Waals surface area contributed by atoms with Gasteiger partial charge in [-0.2, -0.15) is 0 Å². The smallest absolute Gasteiger partial charge is 0.331 e. The van der Waals surface area contributed by atoms with Crippen molar-refractivity contribution < 1.29 is 14.3 Å². The Bertz CT molecular complexity index is 1030. The lowest BCUT2D eigenvalue weighted by atomic mass is 10.1. The number of hydrogen-bond donors (Lipinski definition) is 0. The van der Waals surface area contributed by atoms with Gasteiger partial charge in [-0.25, -0.2) is 9.78 Å². The first-order valence-corrected chi connectivity index (χ1v) is 9.09. The van der Waals surface area contributed by atoms with E-state index in [1.54, 1.807) is 17.6 Å². The van der Waals surface area contributed by atoms with Crippen LogP contribution in [0, 0.1) is 6.92 Å². The normalized spacial score (nSPS) is 11.1. The third-order valence-corrected chi connectivity index (χ3v) is 4.48. The van der Waals surface area contributed by atoms with E-state index >= 15 is 0 Å². The zero-order valence-corrected chi connectivity index (χ0v) is 16.4. The molecule has 0 N–H and O–H groups in total. The van der Waals surface area contributed by atoms with Gasteiger partial charge in [-0.1, -0.05) is 47.5 Å². The molecule has 0 fully saturated rings. The van der Waals surface area contributed by atoms with Crippen LogP contribution in [0.4, 0.5) is 0 Å². The van der Waals surface area contributed by atoms with Crippen LogP contribution < -0.4 is 0 Å². The summed E-state index contributed by atoms with van der Waals surface area (Å²) in [6, 6.07) is 13.4. The van der Waals surface area contributed by atoms with Crippen molar-refractivity contribution in [1.82, 2.24) is 14.3 Å². The Labute approximate surface area is 168 Å². The largest absolute Gasteiger partial charge is 0.452 e. The molecule has 0 atom stereocenters. The van der Waals surface area contributed by atoms with Crippen molar-refractivity contribution in [2.75, 3.05) is 13.7 Å². The van der Waals surface area contributed by atoms with E-state index in [0.717, 1.165) is 11.1 Å². The van der Waals surface area contributed by atoms with Crippen molar-refractivity contribution in [1.29, 1.82) is 0 Å². The molecule has 6 nitrogen and oxygen atoms in total. The van der Waals surface area contributed by atoms with E-state index in [2.05, 4.69) is 4.98 Å². The van der Waals surface area contributed by atoms with E-state index in [0.29, 0.717) is 17.9 Å². The number of rotatable bonds is 6. The number of aryl methyl sites for hydroxylation is 1. The van der Waals surface area contributed by atoms with E-state index in [-0.39, 0.29) is 17.7 Å². The highest BCUT2D eigenvalue weighted by Crippen LogP contribution is 2.18. The summed E-state index contributed by atoms with van der Waals surface area (Å²) in [6.07, 6.45) is 4.55. The van der Waals surface area contributed by atoms with Gasteiger partial charge in [0.1, 0.15) is 5.65 Å². The molecule has 2 heterocycles. The van der Waals surface area contributed by atoms with Gasteiger partial charge in [0.2, 0.25) is 0 Å². The molecule has 1 aromatic carbocycles. The van der Waals surface area contributed by atoms with E-state index in [4.69, 9.17) is 16.3 Å². The number of amides is 1. The maximum absolute atomic E-state index is 12.2. The maximum Gasteiger partial charge on any atom is 0.331 e. The van der Waals surface area contributed by atoms with Crippen LogP contribution in [0.3, 0.4) is 0 Å². The summed E-state index contributed by atoms with van der Waals surface area (Å²) in [5.74, 6) is -0.908. The molecular weight excluding hydrogens is 378 g/mol. The van der Waals surface area contributed by atoms with Gasteiger partial charge in [0.25, 0.3) is 5.91 Å². The lowest BCUT2D eigenvalue weighted by molar-refractivity contribution is -0.147. The highest BCUT2D eigenvalue weighted by Gasteiger charge is 2.12. The molecule has 0 spiro atoms. The Morgan fingerprint density at radius 3 is 2.71 bits per heavy atom. The number of nitrogens with zero attached hydrogens (tertiary/aromatic N) is 3. The summed E-state index contributed by atoms with van der Waals surface area (Å²) < 4.78 is 6.80. The molecule has 0 saturated carbocycles. The average molecular weight is 398 g/mol. The zero-order chi connectivity index (χ0) is 20.1. The van der Waals surface area contributed by atoms with Crippen LogP contribution in [0.25, 0.3) is 11.7 Å². The number of likely N-dealkylation sites (N-methyl/N-ethyl adjacent to an activating group) is 1. The molecular formula is C21H20ClN3O3. The molecule has 0 aliphatic carbocycles. The van der Waals surface area contributed by atoms with Crippen molar-refractivity contribution >= 4 is 35.2 Å². The predicted octanol–water partition coefficient (Wildman–Crippen LogP) is 3.51. The summed E-state index contributed by atoms with van der Waals surface area (Å²) in [5.41, 5.74) is 3.41. The standard InChI is InChI=1S/C21H20ClN3O3/c1-15-6-8-16(9-7-15)13-24(2)19(26)14-28-20(27)11-10-17-21(22)23-18-5-3-4-12-25(17)18/h3-12H,13-14H2,1-2H3/b11-10+. The monoisotopic (exact) mass is 397 g/mol. The van der Waals surface area contributed by atoms with Crippen LogP contribution in [-0.2, 0) is 20.9 Å². The van der Waals surface area contributed by atoms with Gasteiger partial charge in [0, 0.05) is 25.9 Å². The van der Waals surface area contributed by atoms with Gasteiger partial charge in [-0.05, 0) is 30.7 Å². The minimum atomic E-state index is -0.626. The zero-order valence-electron chi connectivity index (χ0n) is 15.6. The highest BCUT2D eigenvalue weighted by atomic mass is 35.5. The Morgan fingerprint density at radius 1 is 1.21 bits per heavy atom. The molecule has 144 valence electrons. The number of pyridine rings is 1. The van der Waals surface area contributed by atoms with E-state index < -0.39 is 5.97 Å². The Morgan fingerprint density at radius 2 is 1.96 bits per heavy atom. The number of imidazole rings is 1. The number of esters is 1. The van der Waals surface area contributed by atoms with Gasteiger partial charge < -0.3 is 9.64 Å². The van der Waals surface area contributed by atoms with Crippen molar-refractivity contribution in [2.24, 2.45) is 0 Å². The number of aromatic nitrogens is 2. The second-order valence-corrected chi connectivity index (χ2v) is 6.75. The summed E-state index contributed by atoms with van der Waals surface area (Å²) in [6.45, 7) is 2.13. The minimum absolute atomic E-state index is 0.282. The fraction of sp³-hybridized carbons (Fsp3) is 0.190. The molecule has 28 heavy (non-hydrogen) atoms. The van der Waals surface area contributed by atoms with Gasteiger partial charge in [0.05, 0.1) is 5.69 Å². The molecule has 3 aromatic rings. The number of halogens is 1. The van der Waals surface area contributed by atoms with Crippen molar-refractivity contribution in [3.05, 3.63) is 76.7 Å². The lowest BCUT2D eigenvalue weighted by Gasteiger charge is -2.17. The maximum atomic E-state index is 12.2. The number of benzene rings is 1. The first-order chi connectivity index (χ1) is 13.4. The first-order valence-electron chi connectivity index (χ1n) is 8.71. The number of fused-ring (bicyclic) bond motifs is 1. The van der Waals surface area contributed by atoms with Gasteiger partial charge in [-0.15, -0.1) is 0 Å². The molecule has 3 rings (SSSR count). The van der Waals surface area contributed by atoms with E-state index in [1.807, 2.05) is 49.4 Å². The van der Waals surface area contributed by atoms with E-state index in [1.165, 1.54) is 17.1 Å².